The van der Waals surface area contributed by atoms with E-state index in [9.17, 15) is 0 Å². The van der Waals surface area contributed by atoms with Gasteiger partial charge in [0.25, 0.3) is 0 Å². The summed E-state index contributed by atoms with van der Waals surface area (Å²) in [5, 5.41) is 5.57. The summed E-state index contributed by atoms with van der Waals surface area (Å²) in [6.07, 6.45) is 8.01. The van der Waals surface area contributed by atoms with Gasteiger partial charge in [0, 0.05) is 23.6 Å². The SMILES string of the molecule is Cc1cc([C@H]2[C@H](c3ccccn3)NC(=S)N2C2CCCCC2)c(C)n1-c1cccc(Cl)c1Cl. The summed E-state index contributed by atoms with van der Waals surface area (Å²) in [6, 6.07) is 14.6. The van der Waals surface area contributed by atoms with Gasteiger partial charge in [0.05, 0.1) is 33.5 Å². The van der Waals surface area contributed by atoms with Crippen molar-refractivity contribution < 1.29 is 0 Å². The zero-order chi connectivity index (χ0) is 23.1. The minimum absolute atomic E-state index is 0.00981. The Bertz CT molecular complexity index is 1170. The largest absolute Gasteiger partial charge is 0.352 e. The van der Waals surface area contributed by atoms with Crippen LogP contribution >= 0.6 is 35.4 Å². The molecule has 7 heteroatoms. The van der Waals surface area contributed by atoms with Crippen molar-refractivity contribution in [1.29, 1.82) is 0 Å². The van der Waals surface area contributed by atoms with Gasteiger partial charge in [-0.05, 0) is 74.8 Å². The van der Waals surface area contributed by atoms with E-state index in [0.717, 1.165) is 27.9 Å². The number of aromatic nitrogens is 2. The van der Waals surface area contributed by atoms with Crippen LogP contribution in [0.5, 0.6) is 0 Å². The molecule has 2 aromatic heterocycles. The fourth-order valence-corrected chi connectivity index (χ4v) is 6.34. The van der Waals surface area contributed by atoms with Crippen molar-refractivity contribution in [2.75, 3.05) is 0 Å². The smallest absolute Gasteiger partial charge is 0.170 e. The normalized spacial score (nSPS) is 21.5. The van der Waals surface area contributed by atoms with Crippen molar-refractivity contribution in [2.24, 2.45) is 0 Å². The van der Waals surface area contributed by atoms with E-state index >= 15 is 0 Å². The van der Waals surface area contributed by atoms with Gasteiger partial charge < -0.3 is 14.8 Å². The zero-order valence-corrected chi connectivity index (χ0v) is 21.2. The molecule has 0 radical (unpaired) electrons. The maximum atomic E-state index is 6.63. The highest BCUT2D eigenvalue weighted by Gasteiger charge is 2.44. The topological polar surface area (TPSA) is 33.1 Å². The van der Waals surface area contributed by atoms with Crippen molar-refractivity contribution in [2.45, 2.75) is 64.1 Å². The number of thiocarbonyl (C=S) groups is 1. The third kappa shape index (κ3) is 4.05. The summed E-state index contributed by atoms with van der Waals surface area (Å²) in [4.78, 5) is 7.16. The van der Waals surface area contributed by atoms with Gasteiger partial charge in [-0.2, -0.15) is 0 Å². The first kappa shape index (κ1) is 22.7. The maximum absolute atomic E-state index is 6.63. The van der Waals surface area contributed by atoms with Crippen LogP contribution in [0.1, 0.15) is 66.8 Å². The number of nitrogens with zero attached hydrogens (tertiary/aromatic N) is 3. The quantitative estimate of drug-likeness (QED) is 0.388. The molecule has 2 aliphatic rings. The fourth-order valence-electron chi connectivity index (χ4n) is 5.57. The van der Waals surface area contributed by atoms with Crippen molar-refractivity contribution in [1.82, 2.24) is 19.8 Å². The van der Waals surface area contributed by atoms with Crippen molar-refractivity contribution >= 4 is 40.5 Å². The predicted octanol–water partition coefficient (Wildman–Crippen LogP) is 7.10. The highest BCUT2D eigenvalue weighted by atomic mass is 35.5. The fraction of sp³-hybridized carbons (Fsp3) is 0.385. The Balaban J connectivity index is 1.65. The monoisotopic (exact) mass is 498 g/mol. The predicted molar refractivity (Wildman–Crippen MR) is 139 cm³/mol. The van der Waals surface area contributed by atoms with Gasteiger partial charge in [-0.3, -0.25) is 4.98 Å². The van der Waals surface area contributed by atoms with Gasteiger partial charge in [0.2, 0.25) is 0 Å². The number of nitrogens with one attached hydrogen (secondary N) is 1. The van der Waals surface area contributed by atoms with Crippen molar-refractivity contribution in [3.63, 3.8) is 0 Å². The summed E-state index contributed by atoms with van der Waals surface area (Å²) in [7, 11) is 0. The molecule has 0 bridgehead atoms. The number of aryl methyl sites for hydroxylation is 1. The van der Waals surface area contributed by atoms with E-state index in [4.69, 9.17) is 40.4 Å². The Morgan fingerprint density at radius 2 is 1.82 bits per heavy atom. The van der Waals surface area contributed by atoms with E-state index in [2.05, 4.69) is 40.8 Å². The Morgan fingerprint density at radius 1 is 1.03 bits per heavy atom. The van der Waals surface area contributed by atoms with Crippen LogP contribution in [0.2, 0.25) is 10.0 Å². The Kier molecular flexibility index (Phi) is 6.39. The molecule has 1 aliphatic heterocycles. The number of hydrogen-bond donors (Lipinski definition) is 1. The molecule has 1 saturated heterocycles. The molecule has 4 nitrogen and oxygen atoms in total. The van der Waals surface area contributed by atoms with E-state index in [1.165, 1.54) is 37.7 Å². The molecule has 0 amide bonds. The lowest BCUT2D eigenvalue weighted by molar-refractivity contribution is 0.197. The Labute approximate surface area is 210 Å². The molecule has 0 unspecified atom stereocenters. The molecule has 5 rings (SSSR count). The van der Waals surface area contributed by atoms with E-state index in [1.54, 1.807) is 0 Å². The van der Waals surface area contributed by atoms with Gasteiger partial charge in [-0.15, -0.1) is 0 Å². The molecule has 33 heavy (non-hydrogen) atoms. The van der Waals surface area contributed by atoms with Crippen LogP contribution in [0, 0.1) is 13.8 Å². The van der Waals surface area contributed by atoms with E-state index in [-0.39, 0.29) is 12.1 Å². The van der Waals surface area contributed by atoms with Crippen LogP contribution < -0.4 is 5.32 Å². The molecule has 2 fully saturated rings. The highest BCUT2D eigenvalue weighted by molar-refractivity contribution is 7.80. The highest BCUT2D eigenvalue weighted by Crippen LogP contribution is 2.45. The molecule has 1 saturated carbocycles. The third-order valence-corrected chi connectivity index (χ3v) is 8.20. The molecule has 0 spiro atoms. The standard InChI is InChI=1S/C26H28Cl2N4S/c1-16-15-19(17(2)31(16)22-13-8-11-20(27)23(22)28)25-24(21-12-6-7-14-29-21)30-26(33)32(25)18-9-4-3-5-10-18/h6-8,11-15,18,24-25H,3-5,9-10H2,1-2H3,(H,30,33)/t24-,25-/m0/s1. The minimum atomic E-state index is -0.00981. The summed E-state index contributed by atoms with van der Waals surface area (Å²) in [6.45, 7) is 4.28. The minimum Gasteiger partial charge on any atom is -0.352 e. The molecular weight excluding hydrogens is 471 g/mol. The van der Waals surface area contributed by atoms with Crippen LogP contribution in [-0.4, -0.2) is 25.6 Å². The van der Waals surface area contributed by atoms with Gasteiger partial charge >= 0.3 is 0 Å². The van der Waals surface area contributed by atoms with Crippen LogP contribution in [-0.2, 0) is 0 Å². The molecule has 1 aliphatic carbocycles. The second kappa shape index (κ2) is 9.28. The number of pyridine rings is 1. The van der Waals surface area contributed by atoms with Crippen LogP contribution in [0.25, 0.3) is 5.69 Å². The summed E-state index contributed by atoms with van der Waals surface area (Å²) >= 11 is 18.9. The zero-order valence-electron chi connectivity index (χ0n) is 18.9. The number of benzene rings is 1. The van der Waals surface area contributed by atoms with Crippen molar-refractivity contribution in [3.05, 3.63) is 81.4 Å². The molecule has 172 valence electrons. The lowest BCUT2D eigenvalue weighted by Gasteiger charge is -2.37. The average molecular weight is 500 g/mol. The van der Waals surface area contributed by atoms with Gasteiger partial charge in [-0.1, -0.05) is 54.6 Å². The van der Waals surface area contributed by atoms with E-state index in [1.807, 2.05) is 36.5 Å². The molecule has 3 aromatic rings. The lowest BCUT2D eigenvalue weighted by Crippen LogP contribution is -2.40. The van der Waals surface area contributed by atoms with E-state index < -0.39 is 0 Å². The molecule has 1 N–H and O–H groups in total. The first-order valence-corrected chi connectivity index (χ1v) is 12.8. The molecule has 2 atom stereocenters. The Hall–Kier alpha value is -2.08. The number of rotatable bonds is 4. The van der Waals surface area contributed by atoms with E-state index in [0.29, 0.717) is 16.1 Å². The second-order valence-corrected chi connectivity index (χ2v) is 10.2. The summed E-state index contributed by atoms with van der Waals surface area (Å²) in [5.41, 5.74) is 5.42. The number of halogens is 2. The Morgan fingerprint density at radius 3 is 2.55 bits per heavy atom. The molecular formula is C26H28Cl2N4S. The average Bonchev–Trinajstić information content (AvgIpc) is 3.32. The second-order valence-electron chi connectivity index (χ2n) is 9.06. The third-order valence-electron chi connectivity index (χ3n) is 7.06. The number of hydrogen-bond acceptors (Lipinski definition) is 2. The first-order chi connectivity index (χ1) is 16.0. The first-order valence-electron chi connectivity index (χ1n) is 11.6. The van der Waals surface area contributed by atoms with Crippen LogP contribution in [0.15, 0.2) is 48.7 Å². The van der Waals surface area contributed by atoms with Crippen LogP contribution in [0.4, 0.5) is 0 Å². The van der Waals surface area contributed by atoms with Gasteiger partial charge in [-0.25, -0.2) is 0 Å². The molecule has 3 heterocycles. The maximum Gasteiger partial charge on any atom is 0.170 e. The molecule has 1 aromatic carbocycles. The summed E-state index contributed by atoms with van der Waals surface area (Å²) in [5.74, 6) is 0. The van der Waals surface area contributed by atoms with Gasteiger partial charge in [0.1, 0.15) is 0 Å². The van der Waals surface area contributed by atoms with Crippen LogP contribution in [0.3, 0.4) is 0 Å². The van der Waals surface area contributed by atoms with Gasteiger partial charge in [0.15, 0.2) is 5.11 Å². The lowest BCUT2D eigenvalue weighted by atomic mass is 9.90. The van der Waals surface area contributed by atoms with Crippen molar-refractivity contribution in [3.8, 4) is 5.69 Å². The summed E-state index contributed by atoms with van der Waals surface area (Å²) < 4.78 is 2.21.